The zero-order valence-electron chi connectivity index (χ0n) is 11.7. The molecule has 0 aliphatic heterocycles. The number of ether oxygens (including phenoxy) is 1. The van der Waals surface area contributed by atoms with Crippen molar-refractivity contribution in [1.82, 2.24) is 4.98 Å². The fourth-order valence-corrected chi connectivity index (χ4v) is 1.77. The summed E-state index contributed by atoms with van der Waals surface area (Å²) in [5, 5.41) is 5.30. The lowest BCUT2D eigenvalue weighted by Gasteiger charge is -2.09. The first kappa shape index (κ1) is 14.5. The molecule has 2 rings (SSSR count). The van der Waals surface area contributed by atoms with E-state index in [1.165, 1.54) is 14.0 Å². The molecule has 0 atom stereocenters. The summed E-state index contributed by atoms with van der Waals surface area (Å²) in [7, 11) is 1.50. The van der Waals surface area contributed by atoms with E-state index in [-0.39, 0.29) is 11.8 Å². The van der Waals surface area contributed by atoms with Gasteiger partial charge in [-0.25, -0.2) is 4.98 Å². The predicted molar refractivity (Wildman–Crippen MR) is 79.5 cm³/mol. The Morgan fingerprint density at radius 2 is 1.95 bits per heavy atom. The number of hydrogen-bond acceptors (Lipinski definition) is 4. The number of amides is 2. The molecule has 0 saturated carbocycles. The van der Waals surface area contributed by atoms with Gasteiger partial charge in [-0.05, 0) is 30.3 Å². The number of nitrogens with one attached hydrogen (secondary N) is 2. The molecule has 0 bridgehead atoms. The number of pyridine rings is 1. The van der Waals surface area contributed by atoms with Crippen LogP contribution in [-0.2, 0) is 4.79 Å². The Balaban J connectivity index is 2.18. The van der Waals surface area contributed by atoms with E-state index in [1.807, 2.05) is 0 Å². The van der Waals surface area contributed by atoms with Crippen LogP contribution in [0.3, 0.4) is 0 Å². The number of rotatable bonds is 4. The molecule has 21 heavy (non-hydrogen) atoms. The van der Waals surface area contributed by atoms with Gasteiger partial charge in [0, 0.05) is 24.4 Å². The zero-order valence-corrected chi connectivity index (χ0v) is 11.7. The average molecular weight is 285 g/mol. The Labute approximate surface area is 122 Å². The second kappa shape index (κ2) is 6.51. The van der Waals surface area contributed by atoms with Crippen molar-refractivity contribution in [1.29, 1.82) is 0 Å². The summed E-state index contributed by atoms with van der Waals surface area (Å²) in [6.45, 7) is 1.41. The average Bonchev–Trinajstić information content (AvgIpc) is 2.47. The van der Waals surface area contributed by atoms with Crippen LogP contribution in [0, 0.1) is 0 Å². The van der Waals surface area contributed by atoms with E-state index in [2.05, 4.69) is 15.6 Å². The minimum absolute atomic E-state index is 0.195. The lowest BCUT2D eigenvalue weighted by atomic mass is 10.2. The minimum atomic E-state index is -0.334. The number of anilines is 2. The number of aromatic nitrogens is 1. The third-order valence-corrected chi connectivity index (χ3v) is 2.67. The smallest absolute Gasteiger partial charge is 0.256 e. The largest absolute Gasteiger partial charge is 0.493 e. The highest BCUT2D eigenvalue weighted by Gasteiger charge is 2.11. The molecule has 2 N–H and O–H groups in total. The van der Waals surface area contributed by atoms with Gasteiger partial charge in [-0.15, -0.1) is 0 Å². The van der Waals surface area contributed by atoms with Gasteiger partial charge in [0.1, 0.15) is 0 Å². The van der Waals surface area contributed by atoms with E-state index in [1.54, 1.807) is 42.6 Å². The first-order valence-electron chi connectivity index (χ1n) is 6.28. The SMILES string of the molecule is COc1cccnc1NC(=O)c1cccc(NC(C)=O)c1. The molecule has 108 valence electrons. The molecule has 1 aromatic carbocycles. The van der Waals surface area contributed by atoms with Crippen LogP contribution in [0.15, 0.2) is 42.6 Å². The number of methoxy groups -OCH3 is 1. The second-order valence-corrected chi connectivity index (χ2v) is 4.27. The summed E-state index contributed by atoms with van der Waals surface area (Å²) in [4.78, 5) is 27.3. The van der Waals surface area contributed by atoms with Crippen LogP contribution in [0.5, 0.6) is 5.75 Å². The summed E-state index contributed by atoms with van der Waals surface area (Å²) in [5.41, 5.74) is 0.970. The van der Waals surface area contributed by atoms with Crippen LogP contribution in [0.25, 0.3) is 0 Å². The molecule has 2 amide bonds. The van der Waals surface area contributed by atoms with Crippen LogP contribution < -0.4 is 15.4 Å². The van der Waals surface area contributed by atoms with Gasteiger partial charge in [-0.3, -0.25) is 9.59 Å². The van der Waals surface area contributed by atoms with Crippen molar-refractivity contribution < 1.29 is 14.3 Å². The fourth-order valence-electron chi connectivity index (χ4n) is 1.77. The molecule has 0 unspecified atom stereocenters. The molecule has 1 heterocycles. The Hall–Kier alpha value is -2.89. The zero-order chi connectivity index (χ0) is 15.2. The Morgan fingerprint density at radius 3 is 2.67 bits per heavy atom. The number of benzene rings is 1. The van der Waals surface area contributed by atoms with Crippen LogP contribution in [0.1, 0.15) is 17.3 Å². The molecular formula is C15H15N3O3. The first-order chi connectivity index (χ1) is 10.1. The highest BCUT2D eigenvalue weighted by atomic mass is 16.5. The van der Waals surface area contributed by atoms with Gasteiger partial charge >= 0.3 is 0 Å². The lowest BCUT2D eigenvalue weighted by molar-refractivity contribution is -0.114. The van der Waals surface area contributed by atoms with E-state index in [0.717, 1.165) is 0 Å². The molecule has 1 aromatic heterocycles. The third-order valence-electron chi connectivity index (χ3n) is 2.67. The van der Waals surface area contributed by atoms with Crippen molar-refractivity contribution in [2.45, 2.75) is 6.92 Å². The van der Waals surface area contributed by atoms with Gasteiger partial charge in [-0.1, -0.05) is 6.07 Å². The van der Waals surface area contributed by atoms with Gasteiger partial charge in [-0.2, -0.15) is 0 Å². The molecule has 0 saturated heterocycles. The molecule has 0 radical (unpaired) electrons. The topological polar surface area (TPSA) is 80.3 Å². The van der Waals surface area contributed by atoms with Gasteiger partial charge in [0.25, 0.3) is 5.91 Å². The Kier molecular flexibility index (Phi) is 4.50. The van der Waals surface area contributed by atoms with Crippen LogP contribution >= 0.6 is 0 Å². The normalized spacial score (nSPS) is 9.81. The molecule has 2 aromatic rings. The first-order valence-corrected chi connectivity index (χ1v) is 6.28. The van der Waals surface area contributed by atoms with Crippen molar-refractivity contribution in [3.8, 4) is 5.75 Å². The molecular weight excluding hydrogens is 270 g/mol. The maximum absolute atomic E-state index is 12.2. The fraction of sp³-hybridized carbons (Fsp3) is 0.133. The molecule has 6 heteroatoms. The standard InChI is InChI=1S/C15H15N3O3/c1-10(19)17-12-6-3-5-11(9-12)15(20)18-14-13(21-2)7-4-8-16-14/h3-9H,1-2H3,(H,17,19)(H,16,18,20). The predicted octanol–water partition coefficient (Wildman–Crippen LogP) is 2.30. The summed E-state index contributed by atoms with van der Waals surface area (Å²) in [6, 6.07) is 10.1. The summed E-state index contributed by atoms with van der Waals surface area (Å²) < 4.78 is 5.12. The van der Waals surface area contributed by atoms with E-state index in [0.29, 0.717) is 22.8 Å². The van der Waals surface area contributed by atoms with Crippen LogP contribution in [-0.4, -0.2) is 23.9 Å². The maximum Gasteiger partial charge on any atom is 0.256 e. The number of nitrogens with zero attached hydrogens (tertiary/aromatic N) is 1. The minimum Gasteiger partial charge on any atom is -0.493 e. The van der Waals surface area contributed by atoms with Crippen molar-refractivity contribution in [3.05, 3.63) is 48.2 Å². The highest BCUT2D eigenvalue weighted by molar-refractivity contribution is 6.05. The summed E-state index contributed by atoms with van der Waals surface area (Å²) in [6.07, 6.45) is 1.56. The second-order valence-electron chi connectivity index (χ2n) is 4.27. The van der Waals surface area contributed by atoms with E-state index >= 15 is 0 Å². The van der Waals surface area contributed by atoms with E-state index in [9.17, 15) is 9.59 Å². The van der Waals surface area contributed by atoms with Crippen LogP contribution in [0.2, 0.25) is 0 Å². The lowest BCUT2D eigenvalue weighted by Crippen LogP contribution is -2.14. The van der Waals surface area contributed by atoms with Crippen molar-refractivity contribution in [2.75, 3.05) is 17.7 Å². The highest BCUT2D eigenvalue weighted by Crippen LogP contribution is 2.21. The quantitative estimate of drug-likeness (QED) is 0.903. The van der Waals surface area contributed by atoms with Gasteiger partial charge in [0.2, 0.25) is 5.91 Å². The molecule has 0 aliphatic rings. The molecule has 6 nitrogen and oxygen atoms in total. The van der Waals surface area contributed by atoms with E-state index < -0.39 is 0 Å². The summed E-state index contributed by atoms with van der Waals surface area (Å²) in [5.74, 6) is 0.289. The Bertz CT molecular complexity index is 671. The van der Waals surface area contributed by atoms with E-state index in [4.69, 9.17) is 4.74 Å². The summed E-state index contributed by atoms with van der Waals surface area (Å²) >= 11 is 0. The number of hydrogen-bond donors (Lipinski definition) is 2. The number of carbonyl (C=O) groups is 2. The Morgan fingerprint density at radius 1 is 1.14 bits per heavy atom. The van der Waals surface area contributed by atoms with Crippen molar-refractivity contribution in [2.24, 2.45) is 0 Å². The maximum atomic E-state index is 12.2. The van der Waals surface area contributed by atoms with Gasteiger partial charge < -0.3 is 15.4 Å². The monoisotopic (exact) mass is 285 g/mol. The van der Waals surface area contributed by atoms with Crippen molar-refractivity contribution >= 4 is 23.3 Å². The van der Waals surface area contributed by atoms with Crippen LogP contribution in [0.4, 0.5) is 11.5 Å². The molecule has 0 aliphatic carbocycles. The van der Waals surface area contributed by atoms with Crippen molar-refractivity contribution in [3.63, 3.8) is 0 Å². The third kappa shape index (κ3) is 3.79. The molecule has 0 spiro atoms. The van der Waals surface area contributed by atoms with Gasteiger partial charge in [0.05, 0.1) is 7.11 Å². The van der Waals surface area contributed by atoms with Gasteiger partial charge in [0.15, 0.2) is 11.6 Å². The number of carbonyl (C=O) groups excluding carboxylic acids is 2. The molecule has 0 fully saturated rings.